The Morgan fingerprint density at radius 3 is 2.32 bits per heavy atom. The second-order valence-corrected chi connectivity index (χ2v) is 8.73. The van der Waals surface area contributed by atoms with Gasteiger partial charge in [-0.1, -0.05) is 23.2 Å². The van der Waals surface area contributed by atoms with Crippen molar-refractivity contribution < 1.29 is 13.2 Å². The highest BCUT2D eigenvalue weighted by molar-refractivity contribution is 7.92. The Hall–Kier alpha value is -0.980. The van der Waals surface area contributed by atoms with Crippen LogP contribution in [0.1, 0.15) is 27.2 Å². The first-order valence-electron chi connectivity index (χ1n) is 6.64. The lowest BCUT2D eigenvalue weighted by Gasteiger charge is -2.25. The predicted molar refractivity (Wildman–Crippen MR) is 91.2 cm³/mol. The van der Waals surface area contributed by atoms with E-state index in [2.05, 4.69) is 5.32 Å². The number of hydrogen-bond acceptors (Lipinski definition) is 3. The van der Waals surface area contributed by atoms with Crippen LogP contribution in [0, 0.1) is 0 Å². The average molecular weight is 367 g/mol. The molecule has 1 aromatic rings. The average Bonchev–Trinajstić information content (AvgIpc) is 2.27. The summed E-state index contributed by atoms with van der Waals surface area (Å²) in [6.07, 6.45) is 1.10. The van der Waals surface area contributed by atoms with E-state index in [1.165, 1.54) is 12.1 Å². The molecule has 5 nitrogen and oxygen atoms in total. The number of nitrogens with zero attached hydrogens (tertiary/aromatic N) is 1. The number of carbonyl (C=O) groups is 1. The summed E-state index contributed by atoms with van der Waals surface area (Å²) in [5, 5.41) is 3.41. The summed E-state index contributed by atoms with van der Waals surface area (Å²) < 4.78 is 25.0. The molecule has 0 aliphatic rings. The zero-order chi connectivity index (χ0) is 17.1. The molecule has 1 aromatic carbocycles. The summed E-state index contributed by atoms with van der Waals surface area (Å²) in [4.78, 5) is 11.9. The van der Waals surface area contributed by atoms with E-state index in [4.69, 9.17) is 23.2 Å². The Morgan fingerprint density at radius 2 is 1.86 bits per heavy atom. The van der Waals surface area contributed by atoms with Crippen LogP contribution in [0.4, 0.5) is 5.69 Å². The van der Waals surface area contributed by atoms with Crippen LogP contribution in [0.15, 0.2) is 18.2 Å². The van der Waals surface area contributed by atoms with Crippen molar-refractivity contribution in [2.75, 3.05) is 17.1 Å². The molecular formula is C14H20Cl2N2O3S. The van der Waals surface area contributed by atoms with E-state index >= 15 is 0 Å². The Labute approximate surface area is 141 Å². The van der Waals surface area contributed by atoms with Crippen LogP contribution in [0.5, 0.6) is 0 Å². The monoisotopic (exact) mass is 366 g/mol. The van der Waals surface area contributed by atoms with E-state index in [9.17, 15) is 13.2 Å². The van der Waals surface area contributed by atoms with Gasteiger partial charge in [-0.3, -0.25) is 9.10 Å². The van der Waals surface area contributed by atoms with Crippen molar-refractivity contribution in [3.05, 3.63) is 28.2 Å². The third-order valence-corrected chi connectivity index (χ3v) is 4.35. The topological polar surface area (TPSA) is 66.5 Å². The molecule has 0 heterocycles. The SMILES string of the molecule is CC(C)(C)NC(=O)CCN(c1ccc(Cl)cc1Cl)S(C)(=O)=O. The zero-order valence-corrected chi connectivity index (χ0v) is 15.3. The Kier molecular flexibility index (Phi) is 6.12. The van der Waals surface area contributed by atoms with Gasteiger partial charge in [0, 0.05) is 23.5 Å². The van der Waals surface area contributed by atoms with E-state index in [1.807, 2.05) is 20.8 Å². The van der Waals surface area contributed by atoms with Gasteiger partial charge in [0.15, 0.2) is 0 Å². The molecule has 0 bridgehead atoms. The lowest BCUT2D eigenvalue weighted by Crippen LogP contribution is -2.42. The Bertz CT molecular complexity index is 655. The molecule has 1 amide bonds. The van der Waals surface area contributed by atoms with Gasteiger partial charge in [-0.2, -0.15) is 0 Å². The number of nitrogens with one attached hydrogen (secondary N) is 1. The quantitative estimate of drug-likeness (QED) is 0.870. The highest BCUT2D eigenvalue weighted by Gasteiger charge is 2.22. The van der Waals surface area contributed by atoms with Crippen LogP contribution in [-0.2, 0) is 14.8 Å². The van der Waals surface area contributed by atoms with E-state index in [1.54, 1.807) is 6.07 Å². The van der Waals surface area contributed by atoms with Crippen molar-refractivity contribution in [3.63, 3.8) is 0 Å². The van der Waals surface area contributed by atoms with Gasteiger partial charge >= 0.3 is 0 Å². The van der Waals surface area contributed by atoms with Gasteiger partial charge in [-0.05, 0) is 39.0 Å². The summed E-state index contributed by atoms with van der Waals surface area (Å²) >= 11 is 11.9. The molecule has 124 valence electrons. The van der Waals surface area contributed by atoms with Crippen LogP contribution in [0.3, 0.4) is 0 Å². The third kappa shape index (κ3) is 6.02. The van der Waals surface area contributed by atoms with Gasteiger partial charge in [-0.15, -0.1) is 0 Å². The summed E-state index contributed by atoms with van der Waals surface area (Å²) in [6, 6.07) is 4.54. The largest absolute Gasteiger partial charge is 0.351 e. The number of halogens is 2. The molecular weight excluding hydrogens is 347 g/mol. The fourth-order valence-electron chi connectivity index (χ4n) is 1.83. The molecule has 0 saturated heterocycles. The van der Waals surface area contributed by atoms with Gasteiger partial charge in [0.25, 0.3) is 0 Å². The first-order chi connectivity index (χ1) is 9.90. The third-order valence-electron chi connectivity index (χ3n) is 2.64. The maximum Gasteiger partial charge on any atom is 0.232 e. The Balaban J connectivity index is 2.95. The number of benzene rings is 1. The minimum Gasteiger partial charge on any atom is -0.351 e. The van der Waals surface area contributed by atoms with Gasteiger partial charge in [0.1, 0.15) is 0 Å². The number of hydrogen-bond donors (Lipinski definition) is 1. The summed E-state index contributed by atoms with van der Waals surface area (Å²) in [5.41, 5.74) is -0.0672. The second kappa shape index (κ2) is 7.06. The lowest BCUT2D eigenvalue weighted by atomic mass is 10.1. The van der Waals surface area contributed by atoms with Gasteiger partial charge in [0.2, 0.25) is 15.9 Å². The van der Waals surface area contributed by atoms with E-state index in [0.717, 1.165) is 10.6 Å². The van der Waals surface area contributed by atoms with Crippen molar-refractivity contribution in [2.24, 2.45) is 0 Å². The van der Waals surface area contributed by atoms with Crippen LogP contribution < -0.4 is 9.62 Å². The van der Waals surface area contributed by atoms with Crippen LogP contribution >= 0.6 is 23.2 Å². The van der Waals surface area contributed by atoms with Gasteiger partial charge in [0.05, 0.1) is 17.0 Å². The maximum atomic E-state index is 12.0. The molecule has 0 saturated carbocycles. The molecule has 0 aromatic heterocycles. The van der Waals surface area contributed by atoms with E-state index < -0.39 is 10.0 Å². The minimum atomic E-state index is -3.57. The van der Waals surface area contributed by atoms with Crippen molar-refractivity contribution in [3.8, 4) is 0 Å². The van der Waals surface area contributed by atoms with Gasteiger partial charge < -0.3 is 5.32 Å². The van der Waals surface area contributed by atoms with Crippen molar-refractivity contribution in [1.82, 2.24) is 5.32 Å². The number of sulfonamides is 1. The second-order valence-electron chi connectivity index (χ2n) is 5.98. The molecule has 0 atom stereocenters. The first-order valence-corrected chi connectivity index (χ1v) is 9.24. The van der Waals surface area contributed by atoms with Gasteiger partial charge in [-0.25, -0.2) is 8.42 Å². The molecule has 8 heteroatoms. The standard InChI is InChI=1S/C14H20Cl2N2O3S/c1-14(2,3)17-13(19)7-8-18(22(4,20)21)12-6-5-10(15)9-11(12)16/h5-6,9H,7-8H2,1-4H3,(H,17,19). The fourth-order valence-corrected chi connectivity index (χ4v) is 3.33. The number of rotatable bonds is 5. The van der Waals surface area contributed by atoms with Crippen LogP contribution in [0.2, 0.25) is 10.0 Å². The van der Waals surface area contributed by atoms with Crippen molar-refractivity contribution in [2.45, 2.75) is 32.7 Å². The fraction of sp³-hybridized carbons (Fsp3) is 0.500. The molecule has 22 heavy (non-hydrogen) atoms. The maximum absolute atomic E-state index is 12.0. The van der Waals surface area contributed by atoms with E-state index in [0.29, 0.717) is 10.7 Å². The normalized spacial score (nSPS) is 12.1. The molecule has 0 radical (unpaired) electrons. The minimum absolute atomic E-state index is 0.00208. The summed E-state index contributed by atoms with van der Waals surface area (Å²) in [7, 11) is -3.57. The molecule has 0 unspecified atom stereocenters. The highest BCUT2D eigenvalue weighted by atomic mass is 35.5. The molecule has 0 spiro atoms. The molecule has 0 aliphatic heterocycles. The number of anilines is 1. The molecule has 0 fully saturated rings. The summed E-state index contributed by atoms with van der Waals surface area (Å²) in [6.45, 7) is 5.57. The first kappa shape index (κ1) is 19.1. The van der Waals surface area contributed by atoms with Crippen LogP contribution in [0.25, 0.3) is 0 Å². The molecule has 0 aliphatic carbocycles. The smallest absolute Gasteiger partial charge is 0.232 e. The van der Waals surface area contributed by atoms with Crippen LogP contribution in [-0.4, -0.2) is 32.7 Å². The highest BCUT2D eigenvalue weighted by Crippen LogP contribution is 2.30. The summed E-state index contributed by atoms with van der Waals surface area (Å²) in [5.74, 6) is -0.230. The zero-order valence-electron chi connectivity index (χ0n) is 13.0. The molecule has 1 N–H and O–H groups in total. The lowest BCUT2D eigenvalue weighted by molar-refractivity contribution is -0.122. The predicted octanol–water partition coefficient (Wildman–Crippen LogP) is 3.06. The number of amides is 1. The van der Waals surface area contributed by atoms with Crippen molar-refractivity contribution >= 4 is 44.8 Å². The van der Waals surface area contributed by atoms with E-state index in [-0.39, 0.29) is 29.4 Å². The van der Waals surface area contributed by atoms with Crippen molar-refractivity contribution in [1.29, 1.82) is 0 Å². The molecule has 1 rings (SSSR count). The Morgan fingerprint density at radius 1 is 1.27 bits per heavy atom. The number of carbonyl (C=O) groups excluding carboxylic acids is 1.